The van der Waals surface area contributed by atoms with Gasteiger partial charge in [0.05, 0.1) is 17.6 Å². The van der Waals surface area contributed by atoms with Crippen LogP contribution in [0.25, 0.3) is 0 Å². The molecule has 2 aromatic carbocycles. The summed E-state index contributed by atoms with van der Waals surface area (Å²) in [7, 11) is -3.90. The molecule has 0 aromatic heterocycles. The fourth-order valence-corrected chi connectivity index (χ4v) is 4.72. The third-order valence-electron chi connectivity index (χ3n) is 4.94. The average molecular weight is 423 g/mol. The van der Waals surface area contributed by atoms with Crippen LogP contribution in [0.2, 0.25) is 0 Å². The number of para-hydroxylation sites is 2. The monoisotopic (exact) mass is 423 g/mol. The van der Waals surface area contributed by atoms with Crippen molar-refractivity contribution < 1.29 is 22.0 Å². The lowest BCUT2D eigenvalue weighted by Gasteiger charge is -2.39. The number of anilines is 2. The summed E-state index contributed by atoms with van der Waals surface area (Å²) in [5, 5.41) is 0. The largest absolute Gasteiger partial charge is 0.366 e. The molecule has 0 N–H and O–H groups in total. The van der Waals surface area contributed by atoms with Gasteiger partial charge in [0.2, 0.25) is 15.9 Å². The highest BCUT2D eigenvalue weighted by Gasteiger charge is 2.34. The van der Waals surface area contributed by atoms with Crippen molar-refractivity contribution in [3.63, 3.8) is 0 Å². The van der Waals surface area contributed by atoms with Gasteiger partial charge in [0, 0.05) is 26.2 Å². The van der Waals surface area contributed by atoms with E-state index in [9.17, 15) is 22.0 Å². The first-order valence-electron chi connectivity index (χ1n) is 9.22. The van der Waals surface area contributed by atoms with Crippen LogP contribution >= 0.6 is 0 Å². The molecule has 156 valence electrons. The zero-order valence-corrected chi connectivity index (χ0v) is 17.1. The van der Waals surface area contributed by atoms with E-state index in [1.807, 2.05) is 4.90 Å². The van der Waals surface area contributed by atoms with Gasteiger partial charge < -0.3 is 9.80 Å². The second-order valence-electron chi connectivity index (χ2n) is 6.95. The number of hydrogen-bond donors (Lipinski definition) is 0. The van der Waals surface area contributed by atoms with E-state index in [1.54, 1.807) is 18.2 Å². The summed E-state index contributed by atoms with van der Waals surface area (Å²) < 4.78 is 53.7. The molecule has 2 aromatic rings. The van der Waals surface area contributed by atoms with Gasteiger partial charge in [0.15, 0.2) is 0 Å². The Morgan fingerprint density at radius 1 is 0.966 bits per heavy atom. The van der Waals surface area contributed by atoms with Crippen LogP contribution in [0.3, 0.4) is 0 Å². The van der Waals surface area contributed by atoms with Crippen molar-refractivity contribution in [2.75, 3.05) is 41.6 Å². The predicted octanol–water partition coefficient (Wildman–Crippen LogP) is 2.47. The number of benzene rings is 2. The molecule has 6 nitrogen and oxygen atoms in total. The maximum absolute atomic E-state index is 14.2. The Labute approximate surface area is 169 Å². The summed E-state index contributed by atoms with van der Waals surface area (Å²) >= 11 is 0. The van der Waals surface area contributed by atoms with Crippen molar-refractivity contribution in [2.45, 2.75) is 13.0 Å². The third kappa shape index (κ3) is 4.50. The van der Waals surface area contributed by atoms with E-state index >= 15 is 0 Å². The van der Waals surface area contributed by atoms with Crippen LogP contribution in [-0.2, 0) is 14.8 Å². The summed E-state index contributed by atoms with van der Waals surface area (Å²) in [5.41, 5.74) is 0.303. The first kappa shape index (κ1) is 21.0. The van der Waals surface area contributed by atoms with Crippen molar-refractivity contribution in [1.29, 1.82) is 0 Å². The van der Waals surface area contributed by atoms with Crippen LogP contribution in [0.5, 0.6) is 0 Å². The lowest BCUT2D eigenvalue weighted by molar-refractivity contribution is -0.132. The van der Waals surface area contributed by atoms with Crippen molar-refractivity contribution in [3.8, 4) is 0 Å². The van der Waals surface area contributed by atoms with Gasteiger partial charge in [-0.05, 0) is 31.2 Å². The lowest BCUT2D eigenvalue weighted by Crippen LogP contribution is -2.55. The number of sulfonamides is 1. The van der Waals surface area contributed by atoms with Crippen LogP contribution in [0.1, 0.15) is 6.92 Å². The first-order valence-corrected chi connectivity index (χ1v) is 11.1. The number of amides is 1. The minimum Gasteiger partial charge on any atom is -0.366 e. The van der Waals surface area contributed by atoms with Crippen LogP contribution in [0.15, 0.2) is 48.5 Å². The second kappa shape index (κ2) is 8.36. The molecule has 1 saturated heterocycles. The van der Waals surface area contributed by atoms with E-state index in [0.29, 0.717) is 31.9 Å². The Bertz CT molecular complexity index is 992. The molecule has 1 heterocycles. The Hall–Kier alpha value is -2.68. The lowest BCUT2D eigenvalue weighted by atomic mass is 10.2. The average Bonchev–Trinajstić information content (AvgIpc) is 2.68. The molecule has 0 bridgehead atoms. The van der Waals surface area contributed by atoms with Crippen LogP contribution in [-0.4, -0.2) is 57.7 Å². The molecule has 1 atom stereocenters. The van der Waals surface area contributed by atoms with Gasteiger partial charge in [-0.1, -0.05) is 24.3 Å². The van der Waals surface area contributed by atoms with E-state index < -0.39 is 27.8 Å². The van der Waals surface area contributed by atoms with Crippen LogP contribution in [0.4, 0.5) is 20.2 Å². The van der Waals surface area contributed by atoms with E-state index in [1.165, 1.54) is 36.1 Å². The van der Waals surface area contributed by atoms with E-state index in [4.69, 9.17) is 0 Å². The van der Waals surface area contributed by atoms with Gasteiger partial charge in [-0.15, -0.1) is 0 Å². The number of halogens is 2. The van der Waals surface area contributed by atoms with Crippen molar-refractivity contribution >= 4 is 27.3 Å². The first-order chi connectivity index (χ1) is 13.7. The second-order valence-corrected chi connectivity index (χ2v) is 8.81. The molecule has 1 fully saturated rings. The molecule has 0 saturated carbocycles. The zero-order chi connectivity index (χ0) is 21.2. The standard InChI is InChI=1S/C20H23F2N3O3S/c1-15(25(29(2,27)28)19-10-6-4-8-17(19)22)20(26)24-13-11-23(12-14-24)18-9-5-3-7-16(18)21/h3-10,15H,11-14H2,1-2H3/t15-/m1/s1. The highest BCUT2D eigenvalue weighted by Crippen LogP contribution is 2.26. The van der Waals surface area contributed by atoms with Gasteiger partial charge >= 0.3 is 0 Å². The van der Waals surface area contributed by atoms with E-state index in [-0.39, 0.29) is 11.5 Å². The molecule has 0 radical (unpaired) electrons. The summed E-state index contributed by atoms with van der Waals surface area (Å²) in [4.78, 5) is 16.4. The number of piperazine rings is 1. The minimum atomic E-state index is -3.90. The summed E-state index contributed by atoms with van der Waals surface area (Å²) in [6.45, 7) is 2.90. The zero-order valence-electron chi connectivity index (χ0n) is 16.3. The van der Waals surface area contributed by atoms with Gasteiger partial charge in [0.1, 0.15) is 17.7 Å². The van der Waals surface area contributed by atoms with Crippen LogP contribution < -0.4 is 9.21 Å². The molecule has 0 aliphatic carbocycles. The molecule has 3 rings (SSSR count). The third-order valence-corrected chi connectivity index (χ3v) is 6.17. The smallest absolute Gasteiger partial charge is 0.246 e. The maximum atomic E-state index is 14.2. The van der Waals surface area contributed by atoms with Crippen molar-refractivity contribution in [1.82, 2.24) is 4.90 Å². The number of hydrogen-bond acceptors (Lipinski definition) is 4. The summed E-state index contributed by atoms with van der Waals surface area (Å²) in [5.74, 6) is -1.47. The number of carbonyl (C=O) groups excluding carboxylic acids is 1. The predicted molar refractivity (Wildman–Crippen MR) is 108 cm³/mol. The van der Waals surface area contributed by atoms with Gasteiger partial charge in [0.25, 0.3) is 0 Å². The molecular weight excluding hydrogens is 400 g/mol. The van der Waals surface area contributed by atoms with E-state index in [2.05, 4.69) is 0 Å². The molecule has 0 spiro atoms. The van der Waals surface area contributed by atoms with Gasteiger partial charge in [-0.25, -0.2) is 17.2 Å². The SMILES string of the molecule is C[C@H](C(=O)N1CCN(c2ccccc2F)CC1)N(c1ccccc1F)S(C)(=O)=O. The number of rotatable bonds is 5. The Balaban J connectivity index is 1.76. The van der Waals surface area contributed by atoms with Crippen molar-refractivity contribution in [3.05, 3.63) is 60.2 Å². The normalized spacial score (nSPS) is 15.9. The quantitative estimate of drug-likeness (QED) is 0.741. The number of carbonyl (C=O) groups is 1. The highest BCUT2D eigenvalue weighted by molar-refractivity contribution is 7.92. The maximum Gasteiger partial charge on any atom is 0.246 e. The topological polar surface area (TPSA) is 60.9 Å². The highest BCUT2D eigenvalue weighted by atomic mass is 32.2. The minimum absolute atomic E-state index is 0.166. The summed E-state index contributed by atoms with van der Waals surface area (Å²) in [6.07, 6.45) is 0.944. The number of nitrogens with zero attached hydrogens (tertiary/aromatic N) is 3. The van der Waals surface area contributed by atoms with Gasteiger partial charge in [-0.3, -0.25) is 9.10 Å². The fraction of sp³-hybridized carbons (Fsp3) is 0.350. The fourth-order valence-electron chi connectivity index (χ4n) is 3.55. The Kier molecular flexibility index (Phi) is 6.07. The van der Waals surface area contributed by atoms with Crippen LogP contribution in [0, 0.1) is 11.6 Å². The van der Waals surface area contributed by atoms with Gasteiger partial charge in [-0.2, -0.15) is 0 Å². The molecule has 1 amide bonds. The molecule has 9 heteroatoms. The Morgan fingerprint density at radius 2 is 1.52 bits per heavy atom. The molecular formula is C20H23F2N3O3S. The van der Waals surface area contributed by atoms with Crippen molar-refractivity contribution in [2.24, 2.45) is 0 Å². The summed E-state index contributed by atoms with van der Waals surface area (Å²) in [6, 6.07) is 10.8. The molecule has 1 aliphatic rings. The van der Waals surface area contributed by atoms with E-state index in [0.717, 1.165) is 16.6 Å². The molecule has 0 unspecified atom stereocenters. The Morgan fingerprint density at radius 3 is 2.07 bits per heavy atom. The molecule has 1 aliphatic heterocycles. The molecule has 29 heavy (non-hydrogen) atoms.